The fourth-order valence-corrected chi connectivity index (χ4v) is 3.08. The highest BCUT2D eigenvalue weighted by atomic mass is 32.2. The number of rotatable bonds is 5. The van der Waals surface area contributed by atoms with E-state index in [0.29, 0.717) is 37.9 Å². The molecule has 0 saturated carbocycles. The van der Waals surface area contributed by atoms with Crippen LogP contribution in [-0.4, -0.2) is 52.4 Å². The first-order chi connectivity index (χ1) is 10.1. The summed E-state index contributed by atoms with van der Waals surface area (Å²) in [7, 11) is 1.72. The number of aryl methyl sites for hydroxylation is 1. The standard InChI is InChI=1S/C14H21N3O3S/c1-11-10-13(19)16(2)14(15-11)21-9-3-4-12(18)17-5-7-20-8-6-17/h10H,3-9H2,1-2H3. The molecule has 0 spiro atoms. The molecule has 0 bridgehead atoms. The van der Waals surface area contributed by atoms with Crippen molar-refractivity contribution in [3.8, 4) is 0 Å². The second-order valence-corrected chi connectivity index (χ2v) is 6.08. The zero-order chi connectivity index (χ0) is 15.2. The highest BCUT2D eigenvalue weighted by Crippen LogP contribution is 2.15. The van der Waals surface area contributed by atoms with Crippen molar-refractivity contribution in [3.05, 3.63) is 22.1 Å². The third kappa shape index (κ3) is 4.57. The van der Waals surface area contributed by atoms with Crippen LogP contribution in [0.1, 0.15) is 18.5 Å². The van der Waals surface area contributed by atoms with Gasteiger partial charge in [0.05, 0.1) is 13.2 Å². The number of amides is 1. The second-order valence-electron chi connectivity index (χ2n) is 5.02. The molecule has 1 aliphatic rings. The van der Waals surface area contributed by atoms with Crippen molar-refractivity contribution in [1.82, 2.24) is 14.5 Å². The molecule has 0 aliphatic carbocycles. The van der Waals surface area contributed by atoms with E-state index in [1.54, 1.807) is 11.6 Å². The van der Waals surface area contributed by atoms with Crippen molar-refractivity contribution >= 4 is 17.7 Å². The predicted octanol–water partition coefficient (Wildman–Crippen LogP) is 0.820. The van der Waals surface area contributed by atoms with Gasteiger partial charge in [-0.3, -0.25) is 14.2 Å². The molecule has 2 heterocycles. The molecule has 1 saturated heterocycles. The molecule has 1 amide bonds. The molecule has 2 rings (SSSR count). The van der Waals surface area contributed by atoms with Crippen molar-refractivity contribution in [2.24, 2.45) is 7.05 Å². The first-order valence-corrected chi connectivity index (χ1v) is 8.09. The van der Waals surface area contributed by atoms with E-state index >= 15 is 0 Å². The van der Waals surface area contributed by atoms with Crippen LogP contribution < -0.4 is 5.56 Å². The van der Waals surface area contributed by atoms with E-state index in [2.05, 4.69) is 4.98 Å². The summed E-state index contributed by atoms with van der Waals surface area (Å²) in [4.78, 5) is 29.8. The molecular formula is C14H21N3O3S. The Balaban J connectivity index is 1.77. The van der Waals surface area contributed by atoms with E-state index in [-0.39, 0.29) is 11.5 Å². The Morgan fingerprint density at radius 1 is 1.43 bits per heavy atom. The van der Waals surface area contributed by atoms with Gasteiger partial charge in [0, 0.05) is 44.1 Å². The predicted molar refractivity (Wildman–Crippen MR) is 81.6 cm³/mol. The molecule has 0 aromatic carbocycles. The summed E-state index contributed by atoms with van der Waals surface area (Å²) in [5, 5.41) is 0.707. The molecule has 7 heteroatoms. The van der Waals surface area contributed by atoms with Gasteiger partial charge < -0.3 is 9.64 Å². The SMILES string of the molecule is Cc1cc(=O)n(C)c(SCCCC(=O)N2CCOCC2)n1. The zero-order valence-electron chi connectivity index (χ0n) is 12.5. The Kier molecular flexibility index (Phi) is 5.81. The van der Waals surface area contributed by atoms with Gasteiger partial charge in [0.1, 0.15) is 0 Å². The lowest BCUT2D eigenvalue weighted by Crippen LogP contribution is -2.40. The summed E-state index contributed by atoms with van der Waals surface area (Å²) in [5.74, 6) is 0.963. The minimum atomic E-state index is -0.0469. The second kappa shape index (κ2) is 7.61. The molecule has 21 heavy (non-hydrogen) atoms. The smallest absolute Gasteiger partial charge is 0.254 e. The minimum absolute atomic E-state index is 0.0469. The average Bonchev–Trinajstić information content (AvgIpc) is 2.49. The van der Waals surface area contributed by atoms with Crippen molar-refractivity contribution in [1.29, 1.82) is 0 Å². The van der Waals surface area contributed by atoms with E-state index in [4.69, 9.17) is 4.74 Å². The Morgan fingerprint density at radius 3 is 2.86 bits per heavy atom. The van der Waals surface area contributed by atoms with Crippen LogP contribution >= 0.6 is 11.8 Å². The summed E-state index contributed by atoms with van der Waals surface area (Å²) >= 11 is 1.52. The fourth-order valence-electron chi connectivity index (χ4n) is 2.11. The van der Waals surface area contributed by atoms with Gasteiger partial charge in [0.25, 0.3) is 5.56 Å². The normalized spacial score (nSPS) is 15.2. The van der Waals surface area contributed by atoms with Crippen LogP contribution in [0.2, 0.25) is 0 Å². The van der Waals surface area contributed by atoms with Crippen LogP contribution in [0.5, 0.6) is 0 Å². The molecule has 1 aromatic rings. The van der Waals surface area contributed by atoms with Crippen molar-refractivity contribution in [2.45, 2.75) is 24.9 Å². The van der Waals surface area contributed by atoms with Crippen LogP contribution in [0.15, 0.2) is 16.0 Å². The molecule has 1 aromatic heterocycles. The summed E-state index contributed by atoms with van der Waals surface area (Å²) in [6.45, 7) is 4.47. The molecule has 1 aliphatic heterocycles. The van der Waals surface area contributed by atoms with E-state index in [0.717, 1.165) is 17.9 Å². The Hall–Kier alpha value is -1.34. The highest BCUT2D eigenvalue weighted by Gasteiger charge is 2.16. The largest absolute Gasteiger partial charge is 0.378 e. The van der Waals surface area contributed by atoms with E-state index < -0.39 is 0 Å². The number of thioether (sulfide) groups is 1. The van der Waals surface area contributed by atoms with E-state index in [9.17, 15) is 9.59 Å². The molecule has 0 atom stereocenters. The number of ether oxygens (including phenoxy) is 1. The maximum absolute atomic E-state index is 12.0. The van der Waals surface area contributed by atoms with Gasteiger partial charge >= 0.3 is 0 Å². The van der Waals surface area contributed by atoms with Crippen molar-refractivity contribution in [2.75, 3.05) is 32.1 Å². The first-order valence-electron chi connectivity index (χ1n) is 7.11. The monoisotopic (exact) mass is 311 g/mol. The van der Waals surface area contributed by atoms with Crippen LogP contribution in [0.4, 0.5) is 0 Å². The average molecular weight is 311 g/mol. The van der Waals surface area contributed by atoms with Crippen LogP contribution in [0.25, 0.3) is 0 Å². The summed E-state index contributed by atoms with van der Waals surface area (Å²) < 4.78 is 6.77. The van der Waals surface area contributed by atoms with Crippen molar-refractivity contribution < 1.29 is 9.53 Å². The van der Waals surface area contributed by atoms with Gasteiger partial charge in [-0.15, -0.1) is 0 Å². The topological polar surface area (TPSA) is 64.4 Å². The number of carbonyl (C=O) groups excluding carboxylic acids is 1. The van der Waals surface area contributed by atoms with Gasteiger partial charge in [-0.2, -0.15) is 0 Å². The number of hydrogen-bond acceptors (Lipinski definition) is 5. The summed E-state index contributed by atoms with van der Waals surface area (Å²) in [5.41, 5.74) is 0.680. The number of aromatic nitrogens is 2. The molecule has 0 radical (unpaired) electrons. The Bertz CT molecular complexity index is 553. The lowest BCUT2D eigenvalue weighted by Gasteiger charge is -2.26. The summed E-state index contributed by atoms with van der Waals surface area (Å²) in [6.07, 6.45) is 1.32. The van der Waals surface area contributed by atoms with Gasteiger partial charge in [0.15, 0.2) is 5.16 Å². The summed E-state index contributed by atoms with van der Waals surface area (Å²) in [6, 6.07) is 1.52. The molecule has 1 fully saturated rings. The highest BCUT2D eigenvalue weighted by molar-refractivity contribution is 7.99. The molecule has 0 unspecified atom stereocenters. The van der Waals surface area contributed by atoms with Gasteiger partial charge in [0.2, 0.25) is 5.91 Å². The molecule has 6 nitrogen and oxygen atoms in total. The maximum atomic E-state index is 12.0. The number of hydrogen-bond donors (Lipinski definition) is 0. The molecule has 116 valence electrons. The Morgan fingerprint density at radius 2 is 2.14 bits per heavy atom. The minimum Gasteiger partial charge on any atom is -0.378 e. The van der Waals surface area contributed by atoms with E-state index in [1.807, 2.05) is 11.8 Å². The third-order valence-electron chi connectivity index (χ3n) is 3.35. The van der Waals surface area contributed by atoms with Gasteiger partial charge in [-0.25, -0.2) is 4.98 Å². The number of carbonyl (C=O) groups is 1. The van der Waals surface area contributed by atoms with Gasteiger partial charge in [-0.05, 0) is 13.3 Å². The molecule has 0 N–H and O–H groups in total. The third-order valence-corrected chi connectivity index (χ3v) is 4.47. The Labute approximate surface area is 128 Å². The van der Waals surface area contributed by atoms with Crippen molar-refractivity contribution in [3.63, 3.8) is 0 Å². The lowest BCUT2D eigenvalue weighted by molar-refractivity contribution is -0.135. The molecular weight excluding hydrogens is 290 g/mol. The van der Waals surface area contributed by atoms with Crippen LogP contribution in [0.3, 0.4) is 0 Å². The van der Waals surface area contributed by atoms with E-state index in [1.165, 1.54) is 17.8 Å². The fraction of sp³-hybridized carbons (Fsp3) is 0.643. The quantitative estimate of drug-likeness (QED) is 0.458. The number of morpholine rings is 1. The zero-order valence-corrected chi connectivity index (χ0v) is 13.3. The lowest BCUT2D eigenvalue weighted by atomic mass is 10.3. The van der Waals surface area contributed by atoms with Crippen LogP contribution in [0, 0.1) is 6.92 Å². The maximum Gasteiger partial charge on any atom is 0.254 e. The first kappa shape index (κ1) is 16.0. The number of nitrogens with zero attached hydrogens (tertiary/aromatic N) is 3. The van der Waals surface area contributed by atoms with Gasteiger partial charge in [-0.1, -0.05) is 11.8 Å². The van der Waals surface area contributed by atoms with Crippen LogP contribution in [-0.2, 0) is 16.6 Å².